The summed E-state index contributed by atoms with van der Waals surface area (Å²) in [5.74, 6) is 1.96. The van der Waals surface area contributed by atoms with Gasteiger partial charge in [0.05, 0.1) is 29.8 Å². The smallest absolute Gasteiger partial charge is 0.161 e. The highest BCUT2D eigenvalue weighted by Gasteiger charge is 2.11. The number of nitrogens with one attached hydrogen (secondary N) is 1. The Kier molecular flexibility index (Phi) is 6.00. The van der Waals surface area contributed by atoms with Crippen molar-refractivity contribution in [1.29, 1.82) is 5.26 Å². The molecule has 2 aromatic carbocycles. The molecule has 0 aliphatic heterocycles. The van der Waals surface area contributed by atoms with Crippen LogP contribution in [0.15, 0.2) is 30.3 Å². The number of nitriles is 1. The van der Waals surface area contributed by atoms with Gasteiger partial charge in [-0.25, -0.2) is 4.98 Å². The topological polar surface area (TPSA) is 70.9 Å². The Morgan fingerprint density at radius 2 is 1.89 bits per heavy atom. The number of allylic oxidation sites excluding steroid dienone is 1. The van der Waals surface area contributed by atoms with Gasteiger partial charge in [-0.1, -0.05) is 13.0 Å². The molecule has 0 radical (unpaired) electrons. The Labute approximate surface area is 165 Å². The number of rotatable bonds is 7. The van der Waals surface area contributed by atoms with Crippen LogP contribution in [-0.4, -0.2) is 23.2 Å². The van der Waals surface area contributed by atoms with Crippen LogP contribution < -0.4 is 9.47 Å². The first-order valence-corrected chi connectivity index (χ1v) is 9.54. The van der Waals surface area contributed by atoms with Crippen LogP contribution in [0.25, 0.3) is 22.7 Å². The zero-order chi connectivity index (χ0) is 20.1. The second-order valence-electron chi connectivity index (χ2n) is 6.70. The second-order valence-corrected chi connectivity index (χ2v) is 6.70. The van der Waals surface area contributed by atoms with Crippen LogP contribution in [0, 0.1) is 25.2 Å². The third-order valence-electron chi connectivity index (χ3n) is 4.51. The highest BCUT2D eigenvalue weighted by molar-refractivity contribution is 5.90. The predicted octanol–water partition coefficient (Wildman–Crippen LogP) is 5.43. The fourth-order valence-corrected chi connectivity index (χ4v) is 2.93. The molecule has 5 nitrogen and oxygen atoms in total. The summed E-state index contributed by atoms with van der Waals surface area (Å²) < 4.78 is 11.5. The molecule has 1 heterocycles. The molecule has 1 aromatic heterocycles. The van der Waals surface area contributed by atoms with Gasteiger partial charge in [-0.3, -0.25) is 0 Å². The summed E-state index contributed by atoms with van der Waals surface area (Å²) in [6.07, 6.45) is 2.74. The average molecular weight is 375 g/mol. The SMILES string of the molecule is CCCOc1ccc(C=C(C#N)c2nc3cc(C)c(C)cc3[nH]2)cc1OCC. The highest BCUT2D eigenvalue weighted by atomic mass is 16.5. The summed E-state index contributed by atoms with van der Waals surface area (Å²) in [7, 11) is 0. The van der Waals surface area contributed by atoms with E-state index in [0.29, 0.717) is 36.1 Å². The van der Waals surface area contributed by atoms with Gasteiger partial charge in [0, 0.05) is 0 Å². The average Bonchev–Trinajstić information content (AvgIpc) is 3.08. The molecule has 1 N–H and O–H groups in total. The van der Waals surface area contributed by atoms with E-state index in [1.807, 2.05) is 37.3 Å². The molecule has 0 amide bonds. The Balaban J connectivity index is 1.98. The van der Waals surface area contributed by atoms with Crippen LogP contribution in [0.5, 0.6) is 11.5 Å². The Morgan fingerprint density at radius 1 is 1.11 bits per heavy atom. The number of imidazole rings is 1. The first kappa shape index (κ1) is 19.5. The van der Waals surface area contributed by atoms with E-state index in [0.717, 1.165) is 23.0 Å². The molecule has 3 rings (SSSR count). The maximum atomic E-state index is 9.68. The minimum Gasteiger partial charge on any atom is -0.490 e. The maximum Gasteiger partial charge on any atom is 0.161 e. The van der Waals surface area contributed by atoms with E-state index < -0.39 is 0 Å². The minimum absolute atomic E-state index is 0.469. The molecule has 0 aliphatic carbocycles. The Bertz CT molecular complexity index is 1020. The van der Waals surface area contributed by atoms with E-state index in [4.69, 9.17) is 9.47 Å². The van der Waals surface area contributed by atoms with Crippen LogP contribution in [0.2, 0.25) is 0 Å². The number of hydrogen-bond acceptors (Lipinski definition) is 4. The molecular weight excluding hydrogens is 350 g/mol. The van der Waals surface area contributed by atoms with E-state index in [1.165, 1.54) is 11.1 Å². The monoisotopic (exact) mass is 375 g/mol. The zero-order valence-electron chi connectivity index (χ0n) is 16.8. The van der Waals surface area contributed by atoms with Gasteiger partial charge in [0.25, 0.3) is 0 Å². The molecule has 0 saturated heterocycles. The lowest BCUT2D eigenvalue weighted by atomic mass is 10.1. The lowest BCUT2D eigenvalue weighted by molar-refractivity contribution is 0.277. The normalized spacial score (nSPS) is 11.5. The number of fused-ring (bicyclic) bond motifs is 1. The number of aryl methyl sites for hydroxylation is 2. The van der Waals surface area contributed by atoms with Gasteiger partial charge in [0.1, 0.15) is 11.9 Å². The number of H-pyrrole nitrogens is 1. The highest BCUT2D eigenvalue weighted by Crippen LogP contribution is 2.30. The molecule has 0 aliphatic rings. The number of benzene rings is 2. The molecule has 0 bridgehead atoms. The summed E-state index contributed by atoms with van der Waals surface area (Å²) in [5, 5.41) is 9.68. The molecule has 0 saturated carbocycles. The standard InChI is InChI=1S/C23H25N3O2/c1-5-9-28-21-8-7-17(13-22(21)27-6-2)12-18(14-24)23-25-19-10-15(3)16(4)11-20(19)26-23/h7-8,10-13H,5-6,9H2,1-4H3,(H,25,26). The van der Waals surface area contributed by atoms with Gasteiger partial charge in [0.15, 0.2) is 11.5 Å². The van der Waals surface area contributed by atoms with Gasteiger partial charge in [-0.15, -0.1) is 0 Å². The van der Waals surface area contributed by atoms with Crippen molar-refractivity contribution in [1.82, 2.24) is 9.97 Å². The molecule has 0 atom stereocenters. The van der Waals surface area contributed by atoms with Crippen molar-refractivity contribution in [3.05, 3.63) is 52.8 Å². The van der Waals surface area contributed by atoms with Crippen LogP contribution in [0.4, 0.5) is 0 Å². The summed E-state index contributed by atoms with van der Waals surface area (Å²) in [6.45, 7) is 9.30. The lowest BCUT2D eigenvalue weighted by Crippen LogP contribution is -2.00. The first-order chi connectivity index (χ1) is 13.5. The first-order valence-electron chi connectivity index (χ1n) is 9.54. The number of nitrogens with zero attached hydrogens (tertiary/aromatic N) is 2. The van der Waals surface area contributed by atoms with E-state index in [1.54, 1.807) is 0 Å². The van der Waals surface area contributed by atoms with Crippen LogP contribution in [0.3, 0.4) is 0 Å². The summed E-state index contributed by atoms with van der Waals surface area (Å²) >= 11 is 0. The van der Waals surface area contributed by atoms with E-state index in [9.17, 15) is 5.26 Å². The van der Waals surface area contributed by atoms with E-state index in [-0.39, 0.29) is 0 Å². The fourth-order valence-electron chi connectivity index (χ4n) is 2.93. The van der Waals surface area contributed by atoms with Crippen molar-refractivity contribution in [3.8, 4) is 17.6 Å². The molecule has 144 valence electrons. The van der Waals surface area contributed by atoms with Crippen molar-refractivity contribution in [3.63, 3.8) is 0 Å². The predicted molar refractivity (Wildman–Crippen MR) is 112 cm³/mol. The Morgan fingerprint density at radius 3 is 2.61 bits per heavy atom. The van der Waals surface area contributed by atoms with E-state index >= 15 is 0 Å². The summed E-state index contributed by atoms with van der Waals surface area (Å²) in [4.78, 5) is 7.85. The van der Waals surface area contributed by atoms with Gasteiger partial charge in [-0.05, 0) is 74.2 Å². The number of aromatic nitrogens is 2. The van der Waals surface area contributed by atoms with Gasteiger partial charge in [-0.2, -0.15) is 5.26 Å². The number of hydrogen-bond donors (Lipinski definition) is 1. The molecule has 3 aromatic rings. The molecule has 0 fully saturated rings. The lowest BCUT2D eigenvalue weighted by Gasteiger charge is -2.12. The number of aromatic amines is 1. The van der Waals surface area contributed by atoms with Crippen LogP contribution >= 0.6 is 0 Å². The third kappa shape index (κ3) is 4.17. The minimum atomic E-state index is 0.469. The van der Waals surface area contributed by atoms with Crippen molar-refractivity contribution in [2.75, 3.05) is 13.2 Å². The summed E-state index contributed by atoms with van der Waals surface area (Å²) in [5.41, 5.74) is 5.48. The molecule has 0 spiro atoms. The van der Waals surface area contributed by atoms with E-state index in [2.05, 4.69) is 42.9 Å². The Hall–Kier alpha value is -3.26. The molecule has 5 heteroatoms. The van der Waals surface area contributed by atoms with Crippen LogP contribution in [-0.2, 0) is 0 Å². The fraction of sp³-hybridized carbons (Fsp3) is 0.304. The quantitative estimate of drug-likeness (QED) is 0.559. The van der Waals surface area contributed by atoms with Gasteiger partial charge in [0.2, 0.25) is 0 Å². The molecule has 28 heavy (non-hydrogen) atoms. The maximum absolute atomic E-state index is 9.68. The van der Waals surface area contributed by atoms with Crippen molar-refractivity contribution in [2.24, 2.45) is 0 Å². The molecule has 0 unspecified atom stereocenters. The largest absolute Gasteiger partial charge is 0.490 e. The van der Waals surface area contributed by atoms with Crippen molar-refractivity contribution >= 4 is 22.7 Å². The van der Waals surface area contributed by atoms with Gasteiger partial charge >= 0.3 is 0 Å². The zero-order valence-corrected chi connectivity index (χ0v) is 16.8. The molecular formula is C23H25N3O2. The summed E-state index contributed by atoms with van der Waals surface area (Å²) in [6, 6.07) is 12.0. The van der Waals surface area contributed by atoms with Crippen molar-refractivity contribution in [2.45, 2.75) is 34.1 Å². The van der Waals surface area contributed by atoms with Crippen LogP contribution in [0.1, 0.15) is 42.8 Å². The van der Waals surface area contributed by atoms with Gasteiger partial charge < -0.3 is 14.5 Å². The van der Waals surface area contributed by atoms with Crippen molar-refractivity contribution < 1.29 is 9.47 Å². The number of ether oxygens (including phenoxy) is 2. The third-order valence-corrected chi connectivity index (χ3v) is 4.51. The second kappa shape index (κ2) is 8.62.